The predicted octanol–water partition coefficient (Wildman–Crippen LogP) is 2.65. The second kappa shape index (κ2) is 8.59. The number of carbonyl (C=O) groups is 1. The van der Waals surface area contributed by atoms with Crippen molar-refractivity contribution >= 4 is 6.09 Å². The molecular weight excluding hydrogens is 268 g/mol. The Balaban J connectivity index is 2.24. The van der Waals surface area contributed by atoms with Gasteiger partial charge in [-0.1, -0.05) is 13.8 Å². The van der Waals surface area contributed by atoms with Gasteiger partial charge in [0.05, 0.1) is 6.61 Å². The van der Waals surface area contributed by atoms with Crippen LogP contribution in [0.2, 0.25) is 0 Å². The summed E-state index contributed by atoms with van der Waals surface area (Å²) in [5.74, 6) is 0.572. The van der Waals surface area contributed by atoms with Gasteiger partial charge in [-0.15, -0.1) is 0 Å². The van der Waals surface area contributed by atoms with Gasteiger partial charge in [0.25, 0.3) is 0 Å². The molecule has 1 saturated heterocycles. The molecule has 0 spiro atoms. The number of hydrogen-bond acceptors (Lipinski definition) is 4. The quantitative estimate of drug-likeness (QED) is 0.766. The van der Waals surface area contributed by atoms with Crippen LogP contribution in [0.25, 0.3) is 0 Å². The first-order chi connectivity index (χ1) is 9.78. The molecule has 0 aromatic heterocycles. The number of hydrogen-bond donors (Lipinski definition) is 1. The van der Waals surface area contributed by atoms with Crippen molar-refractivity contribution in [3.8, 4) is 0 Å². The second-order valence-corrected chi connectivity index (χ2v) is 7.19. The third-order valence-electron chi connectivity index (χ3n) is 3.20. The first kappa shape index (κ1) is 18.2. The maximum atomic E-state index is 12.1. The van der Waals surface area contributed by atoms with E-state index >= 15 is 0 Å². The van der Waals surface area contributed by atoms with Crippen LogP contribution in [0, 0.1) is 5.92 Å². The molecule has 1 atom stereocenters. The molecule has 5 heteroatoms. The van der Waals surface area contributed by atoms with Crippen molar-refractivity contribution < 1.29 is 14.3 Å². The van der Waals surface area contributed by atoms with Gasteiger partial charge >= 0.3 is 6.09 Å². The SMILES string of the molecule is CC(C)COCCNC1CCCN(C(=O)OC(C)(C)C)C1. The standard InChI is InChI=1S/C16H32N2O3/c1-13(2)12-20-10-8-17-14-7-6-9-18(11-14)15(19)21-16(3,4)5/h13-14,17H,6-12H2,1-5H3. The highest BCUT2D eigenvalue weighted by Gasteiger charge is 2.27. The van der Waals surface area contributed by atoms with Crippen molar-refractivity contribution in [1.82, 2.24) is 10.2 Å². The Kier molecular flexibility index (Phi) is 7.46. The van der Waals surface area contributed by atoms with E-state index in [0.29, 0.717) is 12.0 Å². The minimum absolute atomic E-state index is 0.204. The van der Waals surface area contributed by atoms with Gasteiger partial charge in [0.15, 0.2) is 0 Å². The molecule has 0 aromatic rings. The Morgan fingerprint density at radius 1 is 1.38 bits per heavy atom. The molecule has 0 aromatic carbocycles. The molecule has 0 aliphatic carbocycles. The van der Waals surface area contributed by atoms with Crippen LogP contribution in [0.1, 0.15) is 47.5 Å². The van der Waals surface area contributed by atoms with Gasteiger partial charge in [-0.3, -0.25) is 0 Å². The molecule has 0 bridgehead atoms. The number of carbonyl (C=O) groups excluding carboxylic acids is 1. The van der Waals surface area contributed by atoms with Crippen LogP contribution < -0.4 is 5.32 Å². The van der Waals surface area contributed by atoms with Crippen molar-refractivity contribution in [3.05, 3.63) is 0 Å². The predicted molar refractivity (Wildman–Crippen MR) is 84.5 cm³/mol. The molecule has 124 valence electrons. The van der Waals surface area contributed by atoms with E-state index in [9.17, 15) is 4.79 Å². The highest BCUT2D eigenvalue weighted by atomic mass is 16.6. The zero-order chi connectivity index (χ0) is 15.9. The molecular formula is C16H32N2O3. The topological polar surface area (TPSA) is 50.8 Å². The number of rotatable bonds is 6. The van der Waals surface area contributed by atoms with Crippen molar-refractivity contribution in [2.24, 2.45) is 5.92 Å². The lowest BCUT2D eigenvalue weighted by Crippen LogP contribution is -2.49. The van der Waals surface area contributed by atoms with E-state index in [1.54, 1.807) is 4.90 Å². The molecule has 1 aliphatic heterocycles. The van der Waals surface area contributed by atoms with Gasteiger partial charge in [-0.25, -0.2) is 4.79 Å². The van der Waals surface area contributed by atoms with Crippen LogP contribution >= 0.6 is 0 Å². The fourth-order valence-electron chi connectivity index (χ4n) is 2.29. The van der Waals surface area contributed by atoms with Crippen LogP contribution in [0.4, 0.5) is 4.79 Å². The largest absolute Gasteiger partial charge is 0.444 e. The van der Waals surface area contributed by atoms with Crippen LogP contribution in [-0.4, -0.2) is 55.5 Å². The summed E-state index contributed by atoms with van der Waals surface area (Å²) in [5.41, 5.74) is -0.428. The summed E-state index contributed by atoms with van der Waals surface area (Å²) in [4.78, 5) is 13.9. The van der Waals surface area contributed by atoms with Gasteiger partial charge in [-0.2, -0.15) is 0 Å². The monoisotopic (exact) mass is 300 g/mol. The summed E-state index contributed by atoms with van der Waals surface area (Å²) >= 11 is 0. The number of piperidine rings is 1. The lowest BCUT2D eigenvalue weighted by Gasteiger charge is -2.34. The molecule has 1 aliphatic rings. The minimum Gasteiger partial charge on any atom is -0.444 e. The number of nitrogens with one attached hydrogen (secondary N) is 1. The van der Waals surface area contributed by atoms with Gasteiger partial charge in [0.1, 0.15) is 5.60 Å². The van der Waals surface area contributed by atoms with Gasteiger partial charge in [-0.05, 0) is 39.5 Å². The van der Waals surface area contributed by atoms with Crippen LogP contribution in [0.5, 0.6) is 0 Å². The lowest BCUT2D eigenvalue weighted by molar-refractivity contribution is 0.0183. The van der Waals surface area contributed by atoms with E-state index in [0.717, 1.165) is 45.7 Å². The normalized spacial score (nSPS) is 19.9. The summed E-state index contributed by atoms with van der Waals surface area (Å²) in [5, 5.41) is 3.47. The number of likely N-dealkylation sites (tertiary alicyclic amines) is 1. The molecule has 21 heavy (non-hydrogen) atoms. The Labute approximate surface area is 129 Å². The van der Waals surface area contributed by atoms with Crippen LogP contribution in [0.3, 0.4) is 0 Å². The van der Waals surface area contributed by atoms with Gasteiger partial charge < -0.3 is 19.7 Å². The van der Waals surface area contributed by atoms with Crippen molar-refractivity contribution in [2.45, 2.75) is 59.1 Å². The van der Waals surface area contributed by atoms with Crippen molar-refractivity contribution in [1.29, 1.82) is 0 Å². The van der Waals surface area contributed by atoms with Crippen molar-refractivity contribution in [2.75, 3.05) is 32.8 Å². The highest BCUT2D eigenvalue weighted by Crippen LogP contribution is 2.15. The fraction of sp³-hybridized carbons (Fsp3) is 0.938. The molecule has 0 radical (unpaired) electrons. The van der Waals surface area contributed by atoms with E-state index in [1.807, 2.05) is 20.8 Å². The number of nitrogens with zero attached hydrogens (tertiary/aromatic N) is 1. The van der Waals surface area contributed by atoms with Crippen molar-refractivity contribution in [3.63, 3.8) is 0 Å². The Morgan fingerprint density at radius 3 is 2.71 bits per heavy atom. The number of amides is 1. The van der Waals surface area contributed by atoms with E-state index < -0.39 is 5.60 Å². The van der Waals surface area contributed by atoms with Gasteiger partial charge in [0, 0.05) is 32.3 Å². The highest BCUT2D eigenvalue weighted by molar-refractivity contribution is 5.68. The first-order valence-electron chi connectivity index (χ1n) is 8.07. The smallest absolute Gasteiger partial charge is 0.410 e. The summed E-state index contributed by atoms with van der Waals surface area (Å²) in [7, 11) is 0. The summed E-state index contributed by atoms with van der Waals surface area (Å²) < 4.78 is 11.0. The third-order valence-corrected chi connectivity index (χ3v) is 3.20. The molecule has 1 N–H and O–H groups in total. The zero-order valence-corrected chi connectivity index (χ0v) is 14.3. The Morgan fingerprint density at radius 2 is 2.10 bits per heavy atom. The Hall–Kier alpha value is -0.810. The summed E-state index contributed by atoms with van der Waals surface area (Å²) in [6, 6.07) is 0.342. The minimum atomic E-state index is -0.428. The van der Waals surface area contributed by atoms with Gasteiger partial charge in [0.2, 0.25) is 0 Å². The average Bonchev–Trinajstić information content (AvgIpc) is 2.36. The molecule has 1 rings (SSSR count). The fourth-order valence-corrected chi connectivity index (χ4v) is 2.29. The summed E-state index contributed by atoms with van der Waals surface area (Å²) in [6.07, 6.45) is 1.91. The molecule has 1 fully saturated rings. The lowest BCUT2D eigenvalue weighted by atomic mass is 10.1. The third kappa shape index (κ3) is 8.27. The molecule has 1 amide bonds. The molecule has 1 unspecified atom stereocenters. The van der Waals surface area contributed by atoms with Crippen LogP contribution in [-0.2, 0) is 9.47 Å². The molecule has 0 saturated carbocycles. The maximum absolute atomic E-state index is 12.1. The van der Waals surface area contributed by atoms with E-state index in [4.69, 9.17) is 9.47 Å². The second-order valence-electron chi connectivity index (χ2n) is 7.19. The van der Waals surface area contributed by atoms with E-state index in [1.165, 1.54) is 0 Å². The number of ether oxygens (including phenoxy) is 2. The summed E-state index contributed by atoms with van der Waals surface area (Å²) in [6.45, 7) is 13.9. The molecule has 5 nitrogen and oxygen atoms in total. The van der Waals surface area contributed by atoms with E-state index in [-0.39, 0.29) is 6.09 Å². The van der Waals surface area contributed by atoms with E-state index in [2.05, 4.69) is 19.2 Å². The van der Waals surface area contributed by atoms with Crippen LogP contribution in [0.15, 0.2) is 0 Å². The molecule has 1 heterocycles. The zero-order valence-electron chi connectivity index (χ0n) is 14.3. The average molecular weight is 300 g/mol. The Bertz CT molecular complexity index is 313. The maximum Gasteiger partial charge on any atom is 0.410 e. The first-order valence-corrected chi connectivity index (χ1v) is 8.07.